The molecule has 3 rings (SSSR count). The van der Waals surface area contributed by atoms with Crippen molar-refractivity contribution >= 4 is 5.97 Å². The zero-order valence-corrected chi connectivity index (χ0v) is 13.5. The van der Waals surface area contributed by atoms with Crippen molar-refractivity contribution in [3.8, 4) is 11.4 Å². The summed E-state index contributed by atoms with van der Waals surface area (Å²) in [6.07, 6.45) is -5.32. The van der Waals surface area contributed by atoms with Crippen LogP contribution in [0.3, 0.4) is 0 Å². The van der Waals surface area contributed by atoms with Gasteiger partial charge in [-0.05, 0) is 31.2 Å². The summed E-state index contributed by atoms with van der Waals surface area (Å²) >= 11 is 0. The molecule has 134 valence electrons. The lowest BCUT2D eigenvalue weighted by atomic mass is 10.1. The Hall–Kier alpha value is -3.16. The Kier molecular flexibility index (Phi) is 4.75. The summed E-state index contributed by atoms with van der Waals surface area (Å²) in [6, 6.07) is 12.9. The standard InChI is InChI=1S/C18H13F3N2O3/c1-11(25-17(24)12-6-3-2-4-7-12)16-22-15(23-26-16)13-8-5-9-14(10-13)18(19,20)21/h2-11H,1H3. The normalized spacial score (nSPS) is 12.6. The summed E-state index contributed by atoms with van der Waals surface area (Å²) in [6.45, 7) is 1.53. The monoisotopic (exact) mass is 362 g/mol. The van der Waals surface area contributed by atoms with E-state index in [1.165, 1.54) is 19.1 Å². The number of esters is 1. The molecule has 1 aromatic heterocycles. The van der Waals surface area contributed by atoms with Crippen molar-refractivity contribution in [1.29, 1.82) is 0 Å². The van der Waals surface area contributed by atoms with Gasteiger partial charge in [-0.3, -0.25) is 0 Å². The number of nitrogens with zero attached hydrogens (tertiary/aromatic N) is 2. The number of carbonyl (C=O) groups excluding carboxylic acids is 1. The largest absolute Gasteiger partial charge is 0.449 e. The first kappa shape index (κ1) is 17.7. The Bertz CT molecular complexity index is 907. The summed E-state index contributed by atoms with van der Waals surface area (Å²) < 4.78 is 48.7. The number of benzene rings is 2. The van der Waals surface area contributed by atoms with Crippen LogP contribution in [0.5, 0.6) is 0 Å². The topological polar surface area (TPSA) is 65.2 Å². The van der Waals surface area contributed by atoms with Crippen LogP contribution in [0.1, 0.15) is 34.8 Å². The zero-order valence-electron chi connectivity index (χ0n) is 13.5. The minimum absolute atomic E-state index is 0.0123. The van der Waals surface area contributed by atoms with Gasteiger partial charge >= 0.3 is 12.1 Å². The minimum atomic E-state index is -4.47. The van der Waals surface area contributed by atoms with Crippen LogP contribution in [0.4, 0.5) is 13.2 Å². The molecule has 5 nitrogen and oxygen atoms in total. The molecule has 8 heteroatoms. The summed E-state index contributed by atoms with van der Waals surface area (Å²) in [5.41, 5.74) is -0.307. The van der Waals surface area contributed by atoms with Crippen molar-refractivity contribution < 1.29 is 27.2 Å². The molecule has 0 N–H and O–H groups in total. The molecule has 2 aromatic carbocycles. The molecule has 0 aliphatic carbocycles. The molecule has 0 saturated heterocycles. The minimum Gasteiger partial charge on any atom is -0.449 e. The molecule has 0 saturated carbocycles. The molecule has 0 aliphatic heterocycles. The van der Waals surface area contributed by atoms with E-state index in [1.54, 1.807) is 30.3 Å². The molecule has 26 heavy (non-hydrogen) atoms. The van der Waals surface area contributed by atoms with Gasteiger partial charge in [0.15, 0.2) is 6.10 Å². The Morgan fingerprint density at radius 3 is 2.54 bits per heavy atom. The zero-order chi connectivity index (χ0) is 18.7. The van der Waals surface area contributed by atoms with Crippen LogP contribution in [0.2, 0.25) is 0 Å². The van der Waals surface area contributed by atoms with E-state index in [2.05, 4.69) is 10.1 Å². The van der Waals surface area contributed by atoms with Gasteiger partial charge in [0.1, 0.15) is 0 Å². The lowest BCUT2D eigenvalue weighted by Crippen LogP contribution is -2.09. The van der Waals surface area contributed by atoms with Gasteiger partial charge in [-0.1, -0.05) is 35.5 Å². The fourth-order valence-electron chi connectivity index (χ4n) is 2.21. The predicted octanol–water partition coefficient (Wildman–Crippen LogP) is 4.67. The fraction of sp³-hybridized carbons (Fsp3) is 0.167. The highest BCUT2D eigenvalue weighted by molar-refractivity contribution is 5.89. The van der Waals surface area contributed by atoms with E-state index in [0.717, 1.165) is 12.1 Å². The second-order valence-corrected chi connectivity index (χ2v) is 5.45. The van der Waals surface area contributed by atoms with Crippen LogP contribution >= 0.6 is 0 Å². The van der Waals surface area contributed by atoms with Gasteiger partial charge in [0.2, 0.25) is 5.82 Å². The van der Waals surface area contributed by atoms with Crippen LogP contribution < -0.4 is 0 Å². The Balaban J connectivity index is 1.76. The molecule has 0 bridgehead atoms. The van der Waals surface area contributed by atoms with Crippen LogP contribution in [0, 0.1) is 0 Å². The lowest BCUT2D eigenvalue weighted by molar-refractivity contribution is -0.137. The first-order valence-corrected chi connectivity index (χ1v) is 7.62. The predicted molar refractivity (Wildman–Crippen MR) is 85.0 cm³/mol. The van der Waals surface area contributed by atoms with Crippen LogP contribution in [0.15, 0.2) is 59.1 Å². The number of rotatable bonds is 4. The van der Waals surface area contributed by atoms with Gasteiger partial charge in [-0.2, -0.15) is 18.2 Å². The van der Waals surface area contributed by atoms with E-state index in [9.17, 15) is 18.0 Å². The number of alkyl halides is 3. The number of carbonyl (C=O) groups is 1. The molecule has 3 aromatic rings. The van der Waals surface area contributed by atoms with Crippen LogP contribution in [-0.4, -0.2) is 16.1 Å². The highest BCUT2D eigenvalue weighted by Crippen LogP contribution is 2.31. The number of aromatic nitrogens is 2. The van der Waals surface area contributed by atoms with Crippen molar-refractivity contribution in [1.82, 2.24) is 10.1 Å². The summed E-state index contributed by atoms with van der Waals surface area (Å²) in [5, 5.41) is 3.67. The highest BCUT2D eigenvalue weighted by Gasteiger charge is 2.31. The third-order valence-corrected chi connectivity index (χ3v) is 3.53. The molecule has 0 aliphatic rings. The molecule has 1 unspecified atom stereocenters. The van der Waals surface area contributed by atoms with E-state index in [1.807, 2.05) is 0 Å². The van der Waals surface area contributed by atoms with Gasteiger partial charge in [0, 0.05) is 5.56 Å². The van der Waals surface area contributed by atoms with Crippen molar-refractivity contribution in [3.05, 3.63) is 71.6 Å². The van der Waals surface area contributed by atoms with E-state index in [-0.39, 0.29) is 17.3 Å². The Morgan fingerprint density at radius 2 is 1.85 bits per heavy atom. The second-order valence-electron chi connectivity index (χ2n) is 5.45. The fourth-order valence-corrected chi connectivity index (χ4v) is 2.21. The molecule has 1 atom stereocenters. The number of ether oxygens (including phenoxy) is 1. The quantitative estimate of drug-likeness (QED) is 0.631. The maximum Gasteiger partial charge on any atom is 0.416 e. The van der Waals surface area contributed by atoms with E-state index in [0.29, 0.717) is 5.56 Å². The summed E-state index contributed by atoms with van der Waals surface area (Å²) in [5.74, 6) is -0.604. The molecule has 0 spiro atoms. The Labute approximate surface area is 146 Å². The molecular weight excluding hydrogens is 349 g/mol. The maximum atomic E-state index is 12.8. The maximum absolute atomic E-state index is 12.8. The van der Waals surface area contributed by atoms with Gasteiger partial charge in [-0.25, -0.2) is 4.79 Å². The first-order chi connectivity index (χ1) is 12.3. The van der Waals surface area contributed by atoms with E-state index in [4.69, 9.17) is 9.26 Å². The van der Waals surface area contributed by atoms with Crippen molar-refractivity contribution in [3.63, 3.8) is 0 Å². The SMILES string of the molecule is CC(OC(=O)c1ccccc1)c1nc(-c2cccc(C(F)(F)F)c2)no1. The lowest BCUT2D eigenvalue weighted by Gasteiger charge is -2.08. The average molecular weight is 362 g/mol. The van der Waals surface area contributed by atoms with Crippen molar-refractivity contribution in [2.45, 2.75) is 19.2 Å². The van der Waals surface area contributed by atoms with Gasteiger partial charge in [-0.15, -0.1) is 0 Å². The van der Waals surface area contributed by atoms with E-state index < -0.39 is 23.8 Å². The molecular formula is C18H13F3N2O3. The molecule has 0 amide bonds. The number of hydrogen-bond acceptors (Lipinski definition) is 5. The number of halogens is 3. The van der Waals surface area contributed by atoms with Crippen molar-refractivity contribution in [2.24, 2.45) is 0 Å². The summed E-state index contributed by atoms with van der Waals surface area (Å²) in [4.78, 5) is 16.1. The third kappa shape index (κ3) is 3.90. The molecule has 0 fully saturated rings. The van der Waals surface area contributed by atoms with Gasteiger partial charge in [0.25, 0.3) is 5.89 Å². The number of hydrogen-bond donors (Lipinski definition) is 0. The molecule has 1 heterocycles. The van der Waals surface area contributed by atoms with Crippen LogP contribution in [-0.2, 0) is 10.9 Å². The van der Waals surface area contributed by atoms with Gasteiger partial charge in [0.05, 0.1) is 11.1 Å². The third-order valence-electron chi connectivity index (χ3n) is 3.53. The first-order valence-electron chi connectivity index (χ1n) is 7.62. The van der Waals surface area contributed by atoms with Gasteiger partial charge < -0.3 is 9.26 Å². The summed E-state index contributed by atoms with van der Waals surface area (Å²) in [7, 11) is 0. The Morgan fingerprint density at radius 1 is 1.12 bits per heavy atom. The average Bonchev–Trinajstić information content (AvgIpc) is 3.12. The molecule has 0 radical (unpaired) electrons. The van der Waals surface area contributed by atoms with E-state index >= 15 is 0 Å². The van der Waals surface area contributed by atoms with Crippen molar-refractivity contribution in [2.75, 3.05) is 0 Å². The highest BCUT2D eigenvalue weighted by atomic mass is 19.4. The van der Waals surface area contributed by atoms with Crippen LogP contribution in [0.25, 0.3) is 11.4 Å². The smallest absolute Gasteiger partial charge is 0.416 e. The second kappa shape index (κ2) is 6.99.